The van der Waals surface area contributed by atoms with Crippen molar-refractivity contribution in [3.05, 3.63) is 47.2 Å². The number of carbonyl (C=O) groups is 1. The second-order valence-corrected chi connectivity index (χ2v) is 10.8. The second-order valence-electron chi connectivity index (χ2n) is 5.73. The third-order valence-electron chi connectivity index (χ3n) is 2.83. The van der Waals surface area contributed by atoms with Gasteiger partial charge in [0, 0.05) is 5.56 Å². The SMILES string of the molecule is CC(C)/C(=C/C(=O)c1ccccc1)[Si](C)(C)C. The lowest BCUT2D eigenvalue weighted by atomic mass is 10.1. The minimum atomic E-state index is -1.41. The fourth-order valence-corrected chi connectivity index (χ4v) is 4.37. The molecule has 0 atom stereocenters. The predicted octanol–water partition coefficient (Wildman–Crippen LogP) is 4.33. The summed E-state index contributed by atoms with van der Waals surface area (Å²) in [7, 11) is -1.41. The molecule has 0 bridgehead atoms. The Labute approximate surface area is 106 Å². The zero-order chi connectivity index (χ0) is 13.1. The molecular formula is C15H22OSi. The highest BCUT2D eigenvalue weighted by Gasteiger charge is 2.23. The van der Waals surface area contributed by atoms with E-state index in [2.05, 4.69) is 33.5 Å². The van der Waals surface area contributed by atoms with E-state index in [0.717, 1.165) is 5.56 Å². The van der Waals surface area contributed by atoms with E-state index in [1.54, 1.807) is 0 Å². The molecule has 17 heavy (non-hydrogen) atoms. The van der Waals surface area contributed by atoms with Crippen molar-refractivity contribution >= 4 is 13.9 Å². The summed E-state index contributed by atoms with van der Waals surface area (Å²) >= 11 is 0. The lowest BCUT2D eigenvalue weighted by Gasteiger charge is -2.24. The molecule has 0 spiro atoms. The maximum absolute atomic E-state index is 12.2. The van der Waals surface area contributed by atoms with Crippen LogP contribution in [0.15, 0.2) is 41.6 Å². The Balaban J connectivity index is 3.05. The largest absolute Gasteiger partial charge is 0.289 e. The average Bonchev–Trinajstić information content (AvgIpc) is 2.24. The molecule has 0 aromatic heterocycles. The van der Waals surface area contributed by atoms with Gasteiger partial charge >= 0.3 is 0 Å². The van der Waals surface area contributed by atoms with E-state index >= 15 is 0 Å². The lowest BCUT2D eigenvalue weighted by molar-refractivity contribution is 0.104. The summed E-state index contributed by atoms with van der Waals surface area (Å²) in [6.07, 6.45) is 1.87. The molecule has 0 saturated carbocycles. The molecule has 0 aliphatic carbocycles. The number of ketones is 1. The smallest absolute Gasteiger partial charge is 0.185 e. The molecule has 1 aromatic carbocycles. The first-order valence-electron chi connectivity index (χ1n) is 6.14. The minimum Gasteiger partial charge on any atom is -0.289 e. The van der Waals surface area contributed by atoms with Gasteiger partial charge in [0.05, 0.1) is 8.07 Å². The Hall–Kier alpha value is -1.15. The number of rotatable bonds is 4. The van der Waals surface area contributed by atoms with E-state index in [0.29, 0.717) is 5.92 Å². The molecule has 0 amide bonds. The number of hydrogen-bond donors (Lipinski definition) is 0. The quantitative estimate of drug-likeness (QED) is 0.439. The molecule has 1 rings (SSSR count). The first-order valence-corrected chi connectivity index (χ1v) is 9.64. The van der Waals surface area contributed by atoms with Crippen LogP contribution < -0.4 is 0 Å². The van der Waals surface area contributed by atoms with Crippen LogP contribution in [-0.4, -0.2) is 13.9 Å². The van der Waals surface area contributed by atoms with Gasteiger partial charge in [-0.05, 0) is 12.0 Å². The molecule has 92 valence electrons. The van der Waals surface area contributed by atoms with E-state index in [1.807, 2.05) is 36.4 Å². The van der Waals surface area contributed by atoms with Gasteiger partial charge in [-0.25, -0.2) is 0 Å². The van der Waals surface area contributed by atoms with Crippen LogP contribution in [-0.2, 0) is 0 Å². The van der Waals surface area contributed by atoms with E-state index in [-0.39, 0.29) is 5.78 Å². The third kappa shape index (κ3) is 3.97. The zero-order valence-corrected chi connectivity index (χ0v) is 12.4. The summed E-state index contributed by atoms with van der Waals surface area (Å²) in [5.41, 5.74) is 0.781. The summed E-state index contributed by atoms with van der Waals surface area (Å²) in [6.45, 7) is 11.2. The van der Waals surface area contributed by atoms with Crippen molar-refractivity contribution < 1.29 is 4.79 Å². The predicted molar refractivity (Wildman–Crippen MR) is 77.0 cm³/mol. The van der Waals surface area contributed by atoms with Crippen LogP contribution in [0.2, 0.25) is 19.6 Å². The van der Waals surface area contributed by atoms with Gasteiger partial charge in [-0.2, -0.15) is 0 Å². The standard InChI is InChI=1S/C15H22OSi/c1-12(2)15(17(3,4)5)11-14(16)13-9-7-6-8-10-13/h6-12H,1-5H3/b15-11-. The molecular weight excluding hydrogens is 224 g/mol. The Bertz CT molecular complexity index is 410. The van der Waals surface area contributed by atoms with Crippen LogP contribution in [0.4, 0.5) is 0 Å². The third-order valence-corrected chi connectivity index (χ3v) is 5.29. The van der Waals surface area contributed by atoms with Crippen molar-refractivity contribution in [2.24, 2.45) is 5.92 Å². The Morgan fingerprint density at radius 1 is 1.12 bits per heavy atom. The highest BCUT2D eigenvalue weighted by atomic mass is 28.3. The van der Waals surface area contributed by atoms with Crippen LogP contribution in [0.5, 0.6) is 0 Å². The van der Waals surface area contributed by atoms with Crippen LogP contribution >= 0.6 is 0 Å². The van der Waals surface area contributed by atoms with Crippen molar-refractivity contribution in [2.45, 2.75) is 33.5 Å². The fraction of sp³-hybridized carbons (Fsp3) is 0.400. The molecule has 0 aliphatic heterocycles. The van der Waals surface area contributed by atoms with Gasteiger partial charge in [0.2, 0.25) is 0 Å². The summed E-state index contributed by atoms with van der Waals surface area (Å²) in [6, 6.07) is 9.50. The van der Waals surface area contributed by atoms with Gasteiger partial charge in [-0.1, -0.05) is 69.0 Å². The Kier molecular flexibility index (Phi) is 4.46. The summed E-state index contributed by atoms with van der Waals surface area (Å²) in [5, 5.41) is 1.34. The van der Waals surface area contributed by atoms with Gasteiger partial charge in [-0.15, -0.1) is 0 Å². The second kappa shape index (κ2) is 5.45. The van der Waals surface area contributed by atoms with Gasteiger partial charge in [0.15, 0.2) is 5.78 Å². The van der Waals surface area contributed by atoms with Crippen molar-refractivity contribution in [3.63, 3.8) is 0 Å². The van der Waals surface area contributed by atoms with Crippen molar-refractivity contribution in [2.75, 3.05) is 0 Å². The maximum atomic E-state index is 12.2. The van der Waals surface area contributed by atoms with E-state index in [4.69, 9.17) is 0 Å². The topological polar surface area (TPSA) is 17.1 Å². The zero-order valence-electron chi connectivity index (χ0n) is 11.4. The molecule has 0 heterocycles. The summed E-state index contributed by atoms with van der Waals surface area (Å²) < 4.78 is 0. The molecule has 0 aliphatic rings. The molecule has 0 N–H and O–H groups in total. The molecule has 0 fully saturated rings. The van der Waals surface area contributed by atoms with Crippen molar-refractivity contribution in [1.82, 2.24) is 0 Å². The van der Waals surface area contributed by atoms with Crippen LogP contribution in [0.3, 0.4) is 0 Å². The number of benzene rings is 1. The number of allylic oxidation sites excluding steroid dienone is 2. The normalized spacial score (nSPS) is 12.9. The molecule has 0 radical (unpaired) electrons. The maximum Gasteiger partial charge on any atom is 0.185 e. The van der Waals surface area contributed by atoms with Gasteiger partial charge in [-0.3, -0.25) is 4.79 Å². The summed E-state index contributed by atoms with van der Waals surface area (Å²) in [5.74, 6) is 0.589. The molecule has 1 aromatic rings. The molecule has 1 nitrogen and oxygen atoms in total. The molecule has 0 saturated heterocycles. The van der Waals surface area contributed by atoms with Crippen LogP contribution in [0.25, 0.3) is 0 Å². The molecule has 0 unspecified atom stereocenters. The monoisotopic (exact) mass is 246 g/mol. The highest BCUT2D eigenvalue weighted by molar-refractivity contribution is 6.83. The van der Waals surface area contributed by atoms with E-state index < -0.39 is 8.07 Å². The minimum absolute atomic E-state index is 0.136. The van der Waals surface area contributed by atoms with Gasteiger partial charge < -0.3 is 0 Å². The van der Waals surface area contributed by atoms with Gasteiger partial charge in [0.25, 0.3) is 0 Å². The highest BCUT2D eigenvalue weighted by Crippen LogP contribution is 2.23. The van der Waals surface area contributed by atoms with Gasteiger partial charge in [0.1, 0.15) is 0 Å². The number of carbonyl (C=O) groups excluding carboxylic acids is 1. The first-order chi connectivity index (χ1) is 7.82. The van der Waals surface area contributed by atoms with Crippen LogP contribution in [0.1, 0.15) is 24.2 Å². The van der Waals surface area contributed by atoms with Crippen molar-refractivity contribution in [3.8, 4) is 0 Å². The van der Waals surface area contributed by atoms with Crippen molar-refractivity contribution in [1.29, 1.82) is 0 Å². The Morgan fingerprint density at radius 2 is 1.65 bits per heavy atom. The number of hydrogen-bond acceptors (Lipinski definition) is 1. The average molecular weight is 246 g/mol. The van der Waals surface area contributed by atoms with Crippen LogP contribution in [0, 0.1) is 5.92 Å². The van der Waals surface area contributed by atoms with E-state index in [9.17, 15) is 4.79 Å². The first kappa shape index (κ1) is 13.9. The molecule has 2 heteroatoms. The lowest BCUT2D eigenvalue weighted by Crippen LogP contribution is -2.28. The fourth-order valence-electron chi connectivity index (χ4n) is 2.08. The van der Waals surface area contributed by atoms with E-state index in [1.165, 1.54) is 5.20 Å². The Morgan fingerprint density at radius 3 is 2.06 bits per heavy atom. The summed E-state index contributed by atoms with van der Waals surface area (Å²) in [4.78, 5) is 12.2.